The molecule has 5 rings (SSSR count). The van der Waals surface area contributed by atoms with Crippen LogP contribution in [0.1, 0.15) is 40.7 Å². The lowest BCUT2D eigenvalue weighted by Gasteiger charge is -2.29. The highest BCUT2D eigenvalue weighted by molar-refractivity contribution is 5.86. The van der Waals surface area contributed by atoms with Crippen LogP contribution in [0, 0.1) is 6.92 Å². The summed E-state index contributed by atoms with van der Waals surface area (Å²) >= 11 is 0. The maximum absolute atomic E-state index is 13.8. The summed E-state index contributed by atoms with van der Waals surface area (Å²) in [6, 6.07) is 12.7. The van der Waals surface area contributed by atoms with E-state index in [9.17, 15) is 14.7 Å². The summed E-state index contributed by atoms with van der Waals surface area (Å²) in [6.45, 7) is 2.60. The van der Waals surface area contributed by atoms with Crippen molar-refractivity contribution in [3.05, 3.63) is 81.0 Å². The van der Waals surface area contributed by atoms with Gasteiger partial charge in [-0.3, -0.25) is 9.59 Å². The summed E-state index contributed by atoms with van der Waals surface area (Å²) < 4.78 is 22.4. The Hall–Kier alpha value is -4.40. The number of aryl methyl sites for hydroxylation is 1. The SMILES string of the molecule is COc1cc(OC)c(C(CC(=O)N2CCc3c([nH]c4ccccc34)C2)c2oc(C)cc(=O)c2O)cc1OC. The Labute approximate surface area is 219 Å². The summed E-state index contributed by atoms with van der Waals surface area (Å²) in [7, 11) is 4.51. The Balaban J connectivity index is 1.55. The lowest BCUT2D eigenvalue weighted by molar-refractivity contribution is -0.132. The second-order valence-electron chi connectivity index (χ2n) is 9.33. The molecule has 0 radical (unpaired) electrons. The zero-order valence-corrected chi connectivity index (χ0v) is 21.8. The normalized spacial score (nSPS) is 13.7. The number of carbonyl (C=O) groups excluding carboxylic acids is 1. The fourth-order valence-electron chi connectivity index (χ4n) is 5.24. The molecule has 0 fully saturated rings. The molecular weight excluding hydrogens is 488 g/mol. The van der Waals surface area contributed by atoms with Crippen LogP contribution in [0.5, 0.6) is 23.0 Å². The van der Waals surface area contributed by atoms with Crippen LogP contribution in [0.3, 0.4) is 0 Å². The molecule has 1 aliphatic heterocycles. The summed E-state index contributed by atoms with van der Waals surface area (Å²) in [5.41, 5.74) is 3.22. The third-order valence-corrected chi connectivity index (χ3v) is 7.11. The molecule has 4 aromatic rings. The molecule has 0 spiro atoms. The predicted molar refractivity (Wildman–Crippen MR) is 141 cm³/mol. The minimum atomic E-state index is -0.825. The molecular formula is C29H30N2O7. The number of carbonyl (C=O) groups is 1. The quantitative estimate of drug-likeness (QED) is 0.376. The number of hydrogen-bond acceptors (Lipinski definition) is 7. The van der Waals surface area contributed by atoms with Gasteiger partial charge in [0.05, 0.1) is 33.8 Å². The van der Waals surface area contributed by atoms with Crippen molar-refractivity contribution in [1.82, 2.24) is 9.88 Å². The van der Waals surface area contributed by atoms with Crippen LogP contribution in [0.15, 0.2) is 51.7 Å². The second kappa shape index (κ2) is 10.2. The number of methoxy groups -OCH3 is 3. The first-order chi connectivity index (χ1) is 18.3. The van der Waals surface area contributed by atoms with E-state index in [1.165, 1.54) is 38.3 Å². The first kappa shape index (κ1) is 25.3. The largest absolute Gasteiger partial charge is 0.502 e. The third-order valence-electron chi connectivity index (χ3n) is 7.11. The molecule has 1 aliphatic rings. The highest BCUT2D eigenvalue weighted by atomic mass is 16.5. The Morgan fingerprint density at radius 1 is 1.08 bits per heavy atom. The van der Waals surface area contributed by atoms with Gasteiger partial charge in [0.15, 0.2) is 17.3 Å². The molecule has 3 heterocycles. The highest BCUT2D eigenvalue weighted by Gasteiger charge is 2.32. The number of aromatic hydroxyl groups is 1. The maximum Gasteiger partial charge on any atom is 0.227 e. The number of ether oxygens (including phenoxy) is 3. The summed E-state index contributed by atoms with van der Waals surface area (Å²) in [5, 5.41) is 11.9. The van der Waals surface area contributed by atoms with Gasteiger partial charge in [0.1, 0.15) is 11.5 Å². The fourth-order valence-corrected chi connectivity index (χ4v) is 5.24. The van der Waals surface area contributed by atoms with Crippen LogP contribution in [0.2, 0.25) is 0 Å². The topological polar surface area (TPSA) is 114 Å². The average Bonchev–Trinajstić information content (AvgIpc) is 3.30. The molecule has 2 N–H and O–H groups in total. The molecule has 9 heteroatoms. The van der Waals surface area contributed by atoms with Crippen LogP contribution in [-0.4, -0.2) is 48.8 Å². The van der Waals surface area contributed by atoms with Crippen molar-refractivity contribution in [2.75, 3.05) is 27.9 Å². The van der Waals surface area contributed by atoms with Gasteiger partial charge < -0.3 is 33.6 Å². The van der Waals surface area contributed by atoms with Gasteiger partial charge in [-0.2, -0.15) is 0 Å². The number of fused-ring (bicyclic) bond motifs is 3. The van der Waals surface area contributed by atoms with Gasteiger partial charge in [0, 0.05) is 47.3 Å². The van der Waals surface area contributed by atoms with Gasteiger partial charge in [-0.15, -0.1) is 0 Å². The van der Waals surface area contributed by atoms with Crippen LogP contribution < -0.4 is 19.6 Å². The second-order valence-corrected chi connectivity index (χ2v) is 9.33. The van der Waals surface area contributed by atoms with E-state index >= 15 is 0 Å². The van der Waals surface area contributed by atoms with Crippen molar-refractivity contribution in [2.45, 2.75) is 32.2 Å². The number of benzene rings is 2. The molecule has 0 saturated heterocycles. The van der Waals surface area contributed by atoms with E-state index in [1.54, 1.807) is 24.0 Å². The molecule has 2 aromatic heterocycles. The van der Waals surface area contributed by atoms with E-state index in [1.807, 2.05) is 18.2 Å². The molecule has 0 bridgehead atoms. The summed E-state index contributed by atoms with van der Waals surface area (Å²) in [6.07, 6.45) is 0.654. The van der Waals surface area contributed by atoms with Crippen LogP contribution in [-0.2, 0) is 17.8 Å². The number of amides is 1. The van der Waals surface area contributed by atoms with Crippen LogP contribution in [0.25, 0.3) is 10.9 Å². The van der Waals surface area contributed by atoms with Gasteiger partial charge in [-0.05, 0) is 31.0 Å². The zero-order valence-electron chi connectivity index (χ0n) is 21.8. The highest BCUT2D eigenvalue weighted by Crippen LogP contribution is 2.43. The van der Waals surface area contributed by atoms with E-state index in [-0.39, 0.29) is 18.1 Å². The van der Waals surface area contributed by atoms with Crippen molar-refractivity contribution < 1.29 is 28.5 Å². The first-order valence-corrected chi connectivity index (χ1v) is 12.3. The molecule has 1 atom stereocenters. The molecule has 0 aliphatic carbocycles. The number of rotatable bonds is 7. The molecule has 0 saturated carbocycles. The lowest BCUT2D eigenvalue weighted by atomic mass is 9.90. The number of aromatic nitrogens is 1. The Kier molecular flexibility index (Phi) is 6.75. The van der Waals surface area contributed by atoms with E-state index in [0.29, 0.717) is 41.7 Å². The van der Waals surface area contributed by atoms with Crippen LogP contribution in [0.4, 0.5) is 0 Å². The van der Waals surface area contributed by atoms with E-state index in [4.69, 9.17) is 18.6 Å². The van der Waals surface area contributed by atoms with Gasteiger partial charge in [0.25, 0.3) is 0 Å². The average molecular weight is 519 g/mol. The third kappa shape index (κ3) is 4.44. The molecule has 2 aromatic carbocycles. The van der Waals surface area contributed by atoms with Gasteiger partial charge in [-0.1, -0.05) is 18.2 Å². The lowest BCUT2D eigenvalue weighted by Crippen LogP contribution is -2.36. The number of H-pyrrole nitrogens is 1. The number of nitrogens with one attached hydrogen (secondary N) is 1. The minimum absolute atomic E-state index is 0.00261. The molecule has 198 valence electrons. The number of para-hydroxylation sites is 1. The summed E-state index contributed by atoms with van der Waals surface area (Å²) in [5.74, 6) is 0.0555. The van der Waals surface area contributed by atoms with Crippen molar-refractivity contribution in [3.8, 4) is 23.0 Å². The van der Waals surface area contributed by atoms with Crippen molar-refractivity contribution in [3.63, 3.8) is 0 Å². The van der Waals surface area contributed by atoms with E-state index in [2.05, 4.69) is 11.1 Å². The van der Waals surface area contributed by atoms with Gasteiger partial charge >= 0.3 is 0 Å². The number of nitrogens with zero attached hydrogens (tertiary/aromatic N) is 1. The van der Waals surface area contributed by atoms with E-state index < -0.39 is 17.1 Å². The van der Waals surface area contributed by atoms with Crippen molar-refractivity contribution in [2.24, 2.45) is 0 Å². The Morgan fingerprint density at radius 2 is 1.79 bits per heavy atom. The minimum Gasteiger partial charge on any atom is -0.502 e. The van der Waals surface area contributed by atoms with Crippen LogP contribution >= 0.6 is 0 Å². The molecule has 1 unspecified atom stereocenters. The van der Waals surface area contributed by atoms with Crippen molar-refractivity contribution >= 4 is 16.8 Å². The number of aromatic amines is 1. The van der Waals surface area contributed by atoms with Crippen molar-refractivity contribution in [1.29, 1.82) is 0 Å². The standard InChI is InChI=1S/C29H30N2O7/c1-16-11-23(32)28(34)29(38-16)20(19-12-25(36-3)26(37-4)14-24(19)35-2)13-27(33)31-10-9-18-17-7-5-6-8-21(17)30-22(18)15-31/h5-8,11-12,14,20,30,34H,9-10,13,15H2,1-4H3. The molecule has 9 nitrogen and oxygen atoms in total. The van der Waals surface area contributed by atoms with Gasteiger partial charge in [-0.25, -0.2) is 0 Å². The van der Waals surface area contributed by atoms with E-state index in [0.717, 1.165) is 17.6 Å². The first-order valence-electron chi connectivity index (χ1n) is 12.3. The Morgan fingerprint density at radius 3 is 2.53 bits per heavy atom. The predicted octanol–water partition coefficient (Wildman–Crippen LogP) is 4.27. The number of hydrogen-bond donors (Lipinski definition) is 2. The monoisotopic (exact) mass is 518 g/mol. The fraction of sp³-hybridized carbons (Fsp3) is 0.310. The molecule has 1 amide bonds. The smallest absolute Gasteiger partial charge is 0.227 e. The zero-order chi connectivity index (χ0) is 27.0. The maximum atomic E-state index is 13.8. The molecule has 38 heavy (non-hydrogen) atoms. The summed E-state index contributed by atoms with van der Waals surface area (Å²) in [4.78, 5) is 31.5. The Bertz CT molecular complexity index is 1570. The van der Waals surface area contributed by atoms with Gasteiger partial charge in [0.2, 0.25) is 17.1 Å².